The van der Waals surface area contributed by atoms with Gasteiger partial charge in [-0.3, -0.25) is 4.79 Å². The molecule has 0 saturated heterocycles. The largest absolute Gasteiger partial charge is 0.496 e. The van der Waals surface area contributed by atoms with Crippen molar-refractivity contribution in [3.05, 3.63) is 23.3 Å². The highest BCUT2D eigenvalue weighted by Gasteiger charge is 2.26. The van der Waals surface area contributed by atoms with Gasteiger partial charge in [-0.25, -0.2) is 0 Å². The molecule has 5 heteroatoms. The Morgan fingerprint density at radius 2 is 2.24 bits per heavy atom. The van der Waals surface area contributed by atoms with Crippen LogP contribution in [-0.2, 0) is 16.0 Å². The molecule has 0 saturated carbocycles. The van der Waals surface area contributed by atoms with Gasteiger partial charge in [0.25, 0.3) is 0 Å². The summed E-state index contributed by atoms with van der Waals surface area (Å²) in [6.45, 7) is 4.80. The van der Waals surface area contributed by atoms with E-state index in [2.05, 4.69) is 5.32 Å². The smallest absolute Gasteiger partial charge is 0.307 e. The second kappa shape index (κ2) is 6.80. The van der Waals surface area contributed by atoms with Crippen molar-refractivity contribution in [1.29, 1.82) is 0 Å². The van der Waals surface area contributed by atoms with Crippen molar-refractivity contribution >= 4 is 5.97 Å². The monoisotopic (exact) mass is 293 g/mol. The van der Waals surface area contributed by atoms with Crippen molar-refractivity contribution in [2.24, 2.45) is 0 Å². The van der Waals surface area contributed by atoms with Gasteiger partial charge in [0.2, 0.25) is 0 Å². The van der Waals surface area contributed by atoms with Gasteiger partial charge < -0.3 is 19.5 Å². The summed E-state index contributed by atoms with van der Waals surface area (Å²) in [6, 6.07) is 3.84. The molecular weight excluding hydrogens is 270 g/mol. The summed E-state index contributed by atoms with van der Waals surface area (Å²) >= 11 is 0. The minimum Gasteiger partial charge on any atom is -0.496 e. The van der Waals surface area contributed by atoms with E-state index in [1.54, 1.807) is 7.11 Å². The third-order valence-corrected chi connectivity index (χ3v) is 3.67. The molecular formula is C16H23NO4. The van der Waals surface area contributed by atoms with Crippen molar-refractivity contribution in [2.75, 3.05) is 20.8 Å². The Kier molecular flexibility index (Phi) is 5.07. The van der Waals surface area contributed by atoms with Crippen LogP contribution in [0.25, 0.3) is 0 Å². The molecule has 1 N–H and O–H groups in total. The van der Waals surface area contributed by atoms with E-state index < -0.39 is 0 Å². The molecule has 0 aliphatic carbocycles. The lowest BCUT2D eigenvalue weighted by Crippen LogP contribution is -2.24. The number of benzene rings is 1. The fourth-order valence-electron chi connectivity index (χ4n) is 2.69. The number of fused-ring (bicyclic) bond motifs is 1. The lowest BCUT2D eigenvalue weighted by molar-refractivity contribution is -0.141. The Balaban J connectivity index is 2.35. The fraction of sp³-hybridized carbons (Fsp3) is 0.562. The minimum absolute atomic E-state index is 0.151. The van der Waals surface area contributed by atoms with Crippen LogP contribution in [0.1, 0.15) is 37.4 Å². The van der Waals surface area contributed by atoms with Gasteiger partial charge in [0.1, 0.15) is 17.6 Å². The molecule has 21 heavy (non-hydrogen) atoms. The molecule has 2 atom stereocenters. The molecule has 1 aliphatic rings. The molecule has 0 spiro atoms. The highest BCUT2D eigenvalue weighted by Crippen LogP contribution is 2.38. The van der Waals surface area contributed by atoms with Crippen LogP contribution in [0.5, 0.6) is 11.5 Å². The van der Waals surface area contributed by atoms with Gasteiger partial charge >= 0.3 is 5.97 Å². The number of carbonyl (C=O) groups is 1. The third-order valence-electron chi connectivity index (χ3n) is 3.67. The first kappa shape index (κ1) is 15.6. The maximum Gasteiger partial charge on any atom is 0.307 e. The molecule has 0 bridgehead atoms. The highest BCUT2D eigenvalue weighted by molar-refractivity contribution is 5.70. The van der Waals surface area contributed by atoms with Crippen molar-refractivity contribution in [1.82, 2.24) is 5.32 Å². The van der Waals surface area contributed by atoms with Crippen LogP contribution >= 0.6 is 0 Å². The summed E-state index contributed by atoms with van der Waals surface area (Å²) in [7, 11) is 3.04. The maximum atomic E-state index is 11.6. The van der Waals surface area contributed by atoms with Crippen molar-refractivity contribution in [3.8, 4) is 11.5 Å². The number of hydrogen-bond donors (Lipinski definition) is 1. The highest BCUT2D eigenvalue weighted by atomic mass is 16.5. The molecule has 0 aromatic heterocycles. The van der Waals surface area contributed by atoms with Crippen molar-refractivity contribution < 1.29 is 19.0 Å². The van der Waals surface area contributed by atoms with Crippen LogP contribution in [0.3, 0.4) is 0 Å². The number of ether oxygens (including phenoxy) is 3. The van der Waals surface area contributed by atoms with Gasteiger partial charge in [-0.15, -0.1) is 0 Å². The van der Waals surface area contributed by atoms with Crippen LogP contribution in [0, 0.1) is 0 Å². The molecule has 1 aliphatic heterocycles. The van der Waals surface area contributed by atoms with Crippen molar-refractivity contribution in [3.63, 3.8) is 0 Å². The normalized spacial score (nSPS) is 17.8. The van der Waals surface area contributed by atoms with E-state index in [-0.39, 0.29) is 24.5 Å². The number of nitrogens with one attached hydrogen (secondary N) is 1. The summed E-state index contributed by atoms with van der Waals surface area (Å²) in [6.07, 6.45) is 1.32. The summed E-state index contributed by atoms with van der Waals surface area (Å²) in [5.41, 5.74) is 2.08. The molecule has 116 valence electrons. The first-order valence-corrected chi connectivity index (χ1v) is 7.26. The second-order valence-electron chi connectivity index (χ2n) is 5.22. The van der Waals surface area contributed by atoms with Crippen LogP contribution in [0.15, 0.2) is 12.1 Å². The third kappa shape index (κ3) is 3.47. The van der Waals surface area contributed by atoms with Crippen LogP contribution in [-0.4, -0.2) is 32.8 Å². The molecule has 0 amide bonds. The quantitative estimate of drug-likeness (QED) is 0.815. The predicted molar refractivity (Wildman–Crippen MR) is 79.8 cm³/mol. The van der Waals surface area contributed by atoms with Crippen molar-refractivity contribution in [2.45, 2.75) is 38.8 Å². The van der Waals surface area contributed by atoms with Gasteiger partial charge in [-0.05, 0) is 25.6 Å². The SMILES string of the molecule is CCNC(CC(=O)OC)c1cc2c(cc1OC)CC(C)O2. The summed E-state index contributed by atoms with van der Waals surface area (Å²) < 4.78 is 16.1. The van der Waals surface area contributed by atoms with Gasteiger partial charge in [0.15, 0.2) is 0 Å². The number of carbonyl (C=O) groups excluding carboxylic acids is 1. The molecule has 0 radical (unpaired) electrons. The van der Waals surface area contributed by atoms with Gasteiger partial charge in [0, 0.05) is 23.6 Å². The van der Waals surface area contributed by atoms with Crippen LogP contribution in [0.4, 0.5) is 0 Å². The molecule has 1 aromatic rings. The van der Waals surface area contributed by atoms with E-state index in [1.165, 1.54) is 7.11 Å². The van der Waals surface area contributed by atoms with E-state index in [0.717, 1.165) is 35.6 Å². The van der Waals surface area contributed by atoms with Crippen LogP contribution in [0.2, 0.25) is 0 Å². The van der Waals surface area contributed by atoms with E-state index in [1.807, 2.05) is 26.0 Å². The Bertz CT molecular complexity index is 515. The summed E-state index contributed by atoms with van der Waals surface area (Å²) in [4.78, 5) is 11.6. The average Bonchev–Trinajstić information content (AvgIpc) is 2.84. The Morgan fingerprint density at radius 3 is 2.86 bits per heavy atom. The Hall–Kier alpha value is -1.75. The lowest BCUT2D eigenvalue weighted by Gasteiger charge is -2.20. The van der Waals surface area contributed by atoms with E-state index in [9.17, 15) is 4.79 Å². The van der Waals surface area contributed by atoms with E-state index in [0.29, 0.717) is 0 Å². The zero-order valence-electron chi connectivity index (χ0n) is 13.1. The topological polar surface area (TPSA) is 56.8 Å². The predicted octanol–water partition coefficient (Wildman–Crippen LogP) is 2.23. The zero-order valence-corrected chi connectivity index (χ0v) is 13.1. The standard InChI is InChI=1S/C16H23NO4/c1-5-17-13(9-16(18)20-4)12-8-14-11(6-10(2)21-14)7-15(12)19-3/h7-8,10,13,17H,5-6,9H2,1-4H3. The second-order valence-corrected chi connectivity index (χ2v) is 5.22. The zero-order chi connectivity index (χ0) is 15.4. The summed E-state index contributed by atoms with van der Waals surface area (Å²) in [5, 5.41) is 3.30. The van der Waals surface area contributed by atoms with Gasteiger partial charge in [-0.1, -0.05) is 6.92 Å². The summed E-state index contributed by atoms with van der Waals surface area (Å²) in [5.74, 6) is 1.41. The molecule has 1 heterocycles. The number of esters is 1. The minimum atomic E-state index is -0.252. The maximum absolute atomic E-state index is 11.6. The fourth-order valence-corrected chi connectivity index (χ4v) is 2.69. The first-order chi connectivity index (χ1) is 10.1. The average molecular weight is 293 g/mol. The van der Waals surface area contributed by atoms with E-state index in [4.69, 9.17) is 14.2 Å². The van der Waals surface area contributed by atoms with Crippen LogP contribution < -0.4 is 14.8 Å². The molecule has 5 nitrogen and oxygen atoms in total. The molecule has 0 fully saturated rings. The number of methoxy groups -OCH3 is 2. The number of hydrogen-bond acceptors (Lipinski definition) is 5. The van der Waals surface area contributed by atoms with E-state index >= 15 is 0 Å². The molecule has 2 rings (SSSR count). The molecule has 1 aromatic carbocycles. The number of rotatable bonds is 6. The Labute approximate surface area is 125 Å². The lowest BCUT2D eigenvalue weighted by atomic mass is 9.99. The Morgan fingerprint density at radius 1 is 1.48 bits per heavy atom. The van der Waals surface area contributed by atoms with Gasteiger partial charge in [-0.2, -0.15) is 0 Å². The first-order valence-electron chi connectivity index (χ1n) is 7.26. The van der Waals surface area contributed by atoms with Gasteiger partial charge in [0.05, 0.1) is 20.6 Å². The molecule has 2 unspecified atom stereocenters.